The summed E-state index contributed by atoms with van der Waals surface area (Å²) < 4.78 is 5.80. The van der Waals surface area contributed by atoms with E-state index in [-0.39, 0.29) is 5.91 Å². The summed E-state index contributed by atoms with van der Waals surface area (Å²) in [5.41, 5.74) is 2.20. The van der Waals surface area contributed by atoms with Crippen molar-refractivity contribution in [3.05, 3.63) is 40.8 Å². The molecule has 1 N–H and O–H groups in total. The lowest BCUT2D eigenvalue weighted by Gasteiger charge is -2.39. The third kappa shape index (κ3) is 3.90. The van der Waals surface area contributed by atoms with Crippen LogP contribution in [0.25, 0.3) is 10.4 Å². The Labute approximate surface area is 165 Å². The maximum atomic E-state index is 12.6. The zero-order valence-electron chi connectivity index (χ0n) is 16.2. The molecule has 0 unspecified atom stereocenters. The molecule has 0 aliphatic carbocycles. The number of hydrogen-bond donors (Lipinski definition) is 1. The van der Waals surface area contributed by atoms with E-state index < -0.39 is 0 Å². The maximum absolute atomic E-state index is 12.6. The van der Waals surface area contributed by atoms with Gasteiger partial charge in [-0.3, -0.25) is 9.69 Å². The Morgan fingerprint density at radius 1 is 1.26 bits per heavy atom. The van der Waals surface area contributed by atoms with Crippen molar-refractivity contribution in [2.24, 2.45) is 0 Å². The molecule has 4 rings (SSSR count). The number of benzene rings is 1. The van der Waals surface area contributed by atoms with Gasteiger partial charge in [-0.2, -0.15) is 0 Å². The van der Waals surface area contributed by atoms with E-state index >= 15 is 0 Å². The van der Waals surface area contributed by atoms with Crippen LogP contribution in [0.3, 0.4) is 0 Å². The second-order valence-corrected chi connectivity index (χ2v) is 8.78. The monoisotopic (exact) mass is 384 g/mol. The molecule has 0 saturated carbocycles. The Morgan fingerprint density at radius 3 is 2.85 bits per heavy atom. The van der Waals surface area contributed by atoms with E-state index in [1.807, 2.05) is 24.3 Å². The predicted octanol–water partition coefficient (Wildman–Crippen LogP) is 4.69. The molecular weight excluding hydrogens is 356 g/mol. The quantitative estimate of drug-likeness (QED) is 0.761. The fourth-order valence-electron chi connectivity index (χ4n) is 4.28. The van der Waals surface area contributed by atoms with Crippen LogP contribution in [0, 0.1) is 0 Å². The summed E-state index contributed by atoms with van der Waals surface area (Å²) in [6.45, 7) is 6.98. The van der Waals surface area contributed by atoms with Gasteiger partial charge in [0.2, 0.25) is 0 Å². The molecule has 2 aromatic rings. The first kappa shape index (κ1) is 18.5. The molecule has 1 saturated heterocycles. The summed E-state index contributed by atoms with van der Waals surface area (Å²) in [6, 6.07) is 11.4. The average molecular weight is 385 g/mol. The van der Waals surface area contributed by atoms with Gasteiger partial charge in [-0.1, -0.05) is 18.6 Å². The number of likely N-dealkylation sites (tertiary alicyclic amines) is 1. The average Bonchev–Trinajstić information content (AvgIpc) is 3.12. The normalized spacial score (nSPS) is 21.9. The van der Waals surface area contributed by atoms with E-state index in [0.29, 0.717) is 18.7 Å². The van der Waals surface area contributed by atoms with Gasteiger partial charge in [-0.15, -0.1) is 11.3 Å². The first-order valence-electron chi connectivity index (χ1n) is 10.0. The van der Waals surface area contributed by atoms with E-state index in [2.05, 4.69) is 30.1 Å². The molecule has 27 heavy (non-hydrogen) atoms. The van der Waals surface area contributed by atoms with Crippen molar-refractivity contribution in [3.63, 3.8) is 0 Å². The minimum Gasteiger partial charge on any atom is -0.488 e. The molecule has 1 fully saturated rings. The predicted molar refractivity (Wildman–Crippen MR) is 111 cm³/mol. The van der Waals surface area contributed by atoms with Crippen LogP contribution in [0.1, 0.15) is 54.8 Å². The van der Waals surface area contributed by atoms with E-state index in [4.69, 9.17) is 4.74 Å². The number of thiophene rings is 1. The molecule has 4 nitrogen and oxygen atoms in total. The molecule has 2 aliphatic heterocycles. The number of carbonyl (C=O) groups is 1. The third-order valence-corrected chi connectivity index (χ3v) is 7.01. The largest absolute Gasteiger partial charge is 0.488 e. The highest BCUT2D eigenvalue weighted by atomic mass is 32.1. The first-order chi connectivity index (χ1) is 13.1. The summed E-state index contributed by atoms with van der Waals surface area (Å²) in [7, 11) is 0. The molecule has 1 amide bonds. The van der Waals surface area contributed by atoms with Crippen LogP contribution in [-0.2, 0) is 6.61 Å². The highest BCUT2D eigenvalue weighted by molar-refractivity contribution is 7.17. The van der Waals surface area contributed by atoms with Crippen molar-refractivity contribution >= 4 is 17.2 Å². The molecule has 1 aromatic heterocycles. The molecule has 0 spiro atoms. The standard InChI is InChI=1S/C22H28N2O2S/c1-15-7-5-8-16(2)24(15)12-6-11-23-22(25)20-13-17-14-26-19-10-4-3-9-18(19)21(17)27-20/h3-4,9-10,13,15-16H,5-8,11-12,14H2,1-2H3,(H,23,25)/t15-,16-/m1/s1. The number of rotatable bonds is 5. The fourth-order valence-corrected chi connectivity index (χ4v) is 5.39. The van der Waals surface area contributed by atoms with Crippen LogP contribution < -0.4 is 10.1 Å². The summed E-state index contributed by atoms with van der Waals surface area (Å²) >= 11 is 1.57. The van der Waals surface area contributed by atoms with E-state index in [1.54, 1.807) is 11.3 Å². The first-order valence-corrected chi connectivity index (χ1v) is 10.8. The second-order valence-electron chi connectivity index (χ2n) is 7.73. The molecule has 144 valence electrons. The molecule has 1 aromatic carbocycles. The zero-order valence-corrected chi connectivity index (χ0v) is 17.0. The van der Waals surface area contributed by atoms with Crippen LogP contribution in [0.4, 0.5) is 0 Å². The number of piperidine rings is 1. The van der Waals surface area contributed by atoms with Gasteiger partial charge in [-0.05, 0) is 51.3 Å². The number of hydrogen-bond acceptors (Lipinski definition) is 4. The van der Waals surface area contributed by atoms with Gasteiger partial charge in [0.25, 0.3) is 5.91 Å². The number of fused-ring (bicyclic) bond motifs is 3. The number of para-hydroxylation sites is 1. The Kier molecular flexibility index (Phi) is 5.50. The number of amides is 1. The lowest BCUT2D eigenvalue weighted by molar-refractivity contribution is 0.0928. The van der Waals surface area contributed by atoms with E-state index in [0.717, 1.165) is 46.1 Å². The summed E-state index contributed by atoms with van der Waals surface area (Å²) in [4.78, 5) is 17.1. The Hall–Kier alpha value is -1.85. The smallest absolute Gasteiger partial charge is 0.261 e. The summed E-state index contributed by atoms with van der Waals surface area (Å²) in [5.74, 6) is 0.940. The van der Waals surface area contributed by atoms with Gasteiger partial charge in [0.05, 0.1) is 4.88 Å². The van der Waals surface area contributed by atoms with Gasteiger partial charge in [0, 0.05) is 41.2 Å². The molecule has 2 atom stereocenters. The Balaban J connectivity index is 1.33. The summed E-state index contributed by atoms with van der Waals surface area (Å²) in [5, 5.41) is 3.11. The third-order valence-electron chi connectivity index (χ3n) is 5.80. The van der Waals surface area contributed by atoms with Crippen LogP contribution in [0.15, 0.2) is 30.3 Å². The highest BCUT2D eigenvalue weighted by Gasteiger charge is 2.24. The highest BCUT2D eigenvalue weighted by Crippen LogP contribution is 2.42. The Morgan fingerprint density at radius 2 is 2.04 bits per heavy atom. The van der Waals surface area contributed by atoms with E-state index in [9.17, 15) is 4.79 Å². The summed E-state index contributed by atoms with van der Waals surface area (Å²) in [6.07, 6.45) is 4.92. The molecular formula is C22H28N2O2S. The Bertz CT molecular complexity index is 806. The van der Waals surface area contributed by atoms with Gasteiger partial charge < -0.3 is 10.1 Å². The second kappa shape index (κ2) is 8.03. The molecule has 2 aliphatic rings. The number of carbonyl (C=O) groups excluding carboxylic acids is 1. The van der Waals surface area contributed by atoms with Crippen LogP contribution >= 0.6 is 11.3 Å². The zero-order chi connectivity index (χ0) is 18.8. The SMILES string of the molecule is C[C@@H]1CCC[C@@H](C)N1CCCNC(=O)c1cc2c(s1)-c1ccccc1OC2. The van der Waals surface area contributed by atoms with Crippen molar-refractivity contribution in [2.45, 2.75) is 58.2 Å². The molecule has 5 heteroatoms. The fraction of sp³-hybridized carbons (Fsp3) is 0.500. The number of ether oxygens (including phenoxy) is 1. The van der Waals surface area contributed by atoms with Crippen molar-refractivity contribution in [2.75, 3.05) is 13.1 Å². The van der Waals surface area contributed by atoms with E-state index in [1.165, 1.54) is 19.3 Å². The van der Waals surface area contributed by atoms with Gasteiger partial charge >= 0.3 is 0 Å². The topological polar surface area (TPSA) is 41.6 Å². The minimum absolute atomic E-state index is 0.0339. The van der Waals surface area contributed by atoms with Crippen molar-refractivity contribution in [3.8, 4) is 16.2 Å². The van der Waals surface area contributed by atoms with Crippen LogP contribution in [-0.4, -0.2) is 36.0 Å². The number of nitrogens with zero attached hydrogens (tertiary/aromatic N) is 1. The number of nitrogens with one attached hydrogen (secondary N) is 1. The van der Waals surface area contributed by atoms with Crippen molar-refractivity contribution < 1.29 is 9.53 Å². The van der Waals surface area contributed by atoms with Crippen molar-refractivity contribution in [1.82, 2.24) is 10.2 Å². The molecule has 0 bridgehead atoms. The van der Waals surface area contributed by atoms with Crippen LogP contribution in [0.5, 0.6) is 5.75 Å². The van der Waals surface area contributed by atoms with Crippen molar-refractivity contribution in [1.29, 1.82) is 0 Å². The van der Waals surface area contributed by atoms with Crippen LogP contribution in [0.2, 0.25) is 0 Å². The van der Waals surface area contributed by atoms with Gasteiger partial charge in [-0.25, -0.2) is 0 Å². The lowest BCUT2D eigenvalue weighted by Crippen LogP contribution is -2.44. The van der Waals surface area contributed by atoms with Gasteiger partial charge in [0.15, 0.2) is 0 Å². The molecule has 0 radical (unpaired) electrons. The minimum atomic E-state index is 0.0339. The maximum Gasteiger partial charge on any atom is 0.261 e. The lowest BCUT2D eigenvalue weighted by atomic mass is 9.97. The van der Waals surface area contributed by atoms with Gasteiger partial charge in [0.1, 0.15) is 12.4 Å². The molecule has 3 heterocycles.